The maximum absolute atomic E-state index is 16.0. The van der Waals surface area contributed by atoms with Crippen LogP contribution >= 0.6 is 15.6 Å². The van der Waals surface area contributed by atoms with Crippen molar-refractivity contribution in [3.63, 3.8) is 0 Å². The fourth-order valence-electron chi connectivity index (χ4n) is 6.29. The van der Waals surface area contributed by atoms with Gasteiger partial charge in [0.2, 0.25) is 5.95 Å². The van der Waals surface area contributed by atoms with E-state index in [1.165, 1.54) is 17.1 Å². The molecule has 3 aliphatic heterocycles. The van der Waals surface area contributed by atoms with Gasteiger partial charge in [0.25, 0.3) is 11.5 Å². The minimum atomic E-state index is -5.33. The summed E-state index contributed by atoms with van der Waals surface area (Å²) in [7, 11) is -10.6. The lowest BCUT2D eigenvalue weighted by Gasteiger charge is -2.27. The van der Waals surface area contributed by atoms with Gasteiger partial charge < -0.3 is 25.0 Å². The van der Waals surface area contributed by atoms with E-state index in [1.54, 1.807) is 0 Å². The maximum atomic E-state index is 16.0. The van der Waals surface area contributed by atoms with Crippen LogP contribution in [0, 0.1) is 5.41 Å². The first kappa shape index (κ1) is 30.9. The number of H-pyrrole nitrogens is 1. The minimum absolute atomic E-state index is 0.0951. The number of halogens is 3. The van der Waals surface area contributed by atoms with Crippen LogP contribution in [0.5, 0.6) is 0 Å². The molecule has 25 heteroatoms. The molecule has 4 aromatic heterocycles. The smallest absolute Gasteiger partial charge is 0.369 e. The zero-order chi connectivity index (χ0) is 33.1. The zero-order valence-corrected chi connectivity index (χ0v) is 25.1. The number of nitrogens with zero attached hydrogens (tertiary/aromatic N) is 7. The number of phosphoric ester groups is 2. The first-order chi connectivity index (χ1) is 22.2. The number of aromatic amines is 1. The van der Waals surface area contributed by atoms with Crippen molar-refractivity contribution in [1.82, 2.24) is 39.0 Å². The van der Waals surface area contributed by atoms with E-state index >= 15 is 13.2 Å². The summed E-state index contributed by atoms with van der Waals surface area (Å²) < 4.78 is 107. The average molecular weight is 707 g/mol. The van der Waals surface area contributed by atoms with E-state index in [4.69, 9.17) is 33.3 Å². The lowest BCUT2D eigenvalue weighted by Crippen LogP contribution is -2.37. The molecule has 20 nitrogen and oxygen atoms in total. The molecule has 0 radical (unpaired) electrons. The summed E-state index contributed by atoms with van der Waals surface area (Å²) in [6.07, 6.45) is -9.35. The zero-order valence-electron chi connectivity index (χ0n) is 23.3. The molecule has 7 heterocycles. The first-order valence-electron chi connectivity index (χ1n) is 13.7. The van der Waals surface area contributed by atoms with E-state index in [2.05, 4.69) is 29.9 Å². The number of fused-ring (bicyclic) bond motifs is 3. The predicted octanol–water partition coefficient (Wildman–Crippen LogP) is 0.718. The van der Waals surface area contributed by atoms with Gasteiger partial charge in [-0.15, -0.1) is 0 Å². The molecule has 47 heavy (non-hydrogen) atoms. The van der Waals surface area contributed by atoms with Crippen LogP contribution in [0.25, 0.3) is 22.3 Å². The van der Waals surface area contributed by atoms with Crippen LogP contribution in [-0.2, 0) is 36.7 Å². The van der Waals surface area contributed by atoms with Crippen LogP contribution in [0.15, 0.2) is 30.0 Å². The molecule has 1 aliphatic carbocycles. The van der Waals surface area contributed by atoms with Crippen LogP contribution < -0.4 is 11.3 Å². The molecule has 10 atom stereocenters. The second-order valence-electron chi connectivity index (χ2n) is 11.2. The summed E-state index contributed by atoms with van der Waals surface area (Å²) in [5.41, 5.74) is 2.37. The van der Waals surface area contributed by atoms with Gasteiger partial charge in [-0.2, -0.15) is 4.98 Å². The number of ether oxygens (including phenoxy) is 2. The molecule has 4 aliphatic rings. The maximum Gasteiger partial charge on any atom is 0.472 e. The Morgan fingerprint density at radius 3 is 2.47 bits per heavy atom. The highest BCUT2D eigenvalue weighted by atomic mass is 31.2. The topological polar surface area (TPSA) is 263 Å². The Labute approximate surface area is 258 Å². The minimum Gasteiger partial charge on any atom is -0.369 e. The number of nitrogen functional groups attached to an aromatic ring is 1. The van der Waals surface area contributed by atoms with Gasteiger partial charge in [0.15, 0.2) is 35.4 Å². The number of nitrogens with two attached hydrogens (primary N) is 1. The van der Waals surface area contributed by atoms with Crippen LogP contribution in [0.1, 0.15) is 18.9 Å². The number of alkyl halides is 3. The van der Waals surface area contributed by atoms with Crippen molar-refractivity contribution in [3.8, 4) is 0 Å². The third-order valence-electron chi connectivity index (χ3n) is 8.51. The molecule has 3 saturated heterocycles. The normalized spacial score (nSPS) is 40.2. The summed E-state index contributed by atoms with van der Waals surface area (Å²) >= 11 is 0. The van der Waals surface area contributed by atoms with Crippen molar-refractivity contribution >= 4 is 43.9 Å². The van der Waals surface area contributed by atoms with Crippen molar-refractivity contribution in [3.05, 3.63) is 35.5 Å². The van der Waals surface area contributed by atoms with Gasteiger partial charge in [-0.3, -0.25) is 37.0 Å². The van der Waals surface area contributed by atoms with Crippen LogP contribution in [0.4, 0.5) is 19.1 Å². The van der Waals surface area contributed by atoms with E-state index in [1.807, 2.05) is 0 Å². The SMILES string of the molecule is Nc1nc2c(ncn2[C@@H]2O[C@@H]3COP(=O)(O)O[C@H]4[C@H](n5cnc6cncnc65)O[C@H](COP(=O)(O)O[C@H]3[C@H]2F)[C@]42CC2(F)F)c(=O)[nH]1. The standard InChI is InChI=1S/C22H22F3N9O11P2/c23-11-13-9(42-18(11)34-7-30-12-16(34)31-20(26)32-17(12)35)2-40-47(38,39)45-14-19(33-6-29-8-1-27-5-28-15(8)33)43-10(3-41-46(36,37)44-13)21(14)4-22(21,24)25/h1,5-7,9-11,13-14,18-19H,2-4H2,(H,36,37)(H,38,39)(H3,26,31,32,35)/t9-,10-,11-,13-,14+,18-,19-,21-/m1/s1. The first-order valence-corrected chi connectivity index (χ1v) is 16.7. The molecule has 252 valence electrons. The van der Waals surface area contributed by atoms with Crippen LogP contribution in [-0.4, -0.2) is 98.5 Å². The largest absolute Gasteiger partial charge is 0.472 e. The number of nitrogens with one attached hydrogen (secondary N) is 1. The molecule has 0 amide bonds. The second-order valence-corrected chi connectivity index (χ2v) is 14.0. The lowest BCUT2D eigenvalue weighted by atomic mass is 9.94. The summed E-state index contributed by atoms with van der Waals surface area (Å²) in [4.78, 5) is 55.7. The number of rotatable bonds is 2. The van der Waals surface area contributed by atoms with Crippen molar-refractivity contribution in [2.75, 3.05) is 18.9 Å². The van der Waals surface area contributed by atoms with Gasteiger partial charge in [-0.05, 0) is 0 Å². The molecule has 8 rings (SSSR count). The van der Waals surface area contributed by atoms with E-state index in [0.717, 1.165) is 17.2 Å². The fourth-order valence-corrected chi connectivity index (χ4v) is 8.21. The number of phosphoric acid groups is 2. The Morgan fingerprint density at radius 1 is 1.00 bits per heavy atom. The Hall–Kier alpha value is -3.37. The Bertz CT molecular complexity index is 2070. The van der Waals surface area contributed by atoms with Crippen molar-refractivity contribution in [1.29, 1.82) is 0 Å². The summed E-state index contributed by atoms with van der Waals surface area (Å²) in [5.74, 6) is -3.90. The van der Waals surface area contributed by atoms with Crippen molar-refractivity contribution in [2.24, 2.45) is 5.41 Å². The number of hydrogen-bond acceptors (Lipinski definition) is 15. The predicted molar refractivity (Wildman–Crippen MR) is 144 cm³/mol. The highest BCUT2D eigenvalue weighted by Crippen LogP contribution is 2.73. The highest BCUT2D eigenvalue weighted by molar-refractivity contribution is 7.47. The number of anilines is 1. The number of hydrogen-bond donors (Lipinski definition) is 4. The fraction of sp³-hybridized carbons (Fsp3) is 0.545. The number of imidazole rings is 2. The summed E-state index contributed by atoms with van der Waals surface area (Å²) in [6.45, 7) is -2.04. The molecular formula is C22H22F3N9O11P2. The Kier molecular flexibility index (Phi) is 6.79. The molecule has 0 aromatic carbocycles. The van der Waals surface area contributed by atoms with Gasteiger partial charge in [-0.1, -0.05) is 0 Å². The van der Waals surface area contributed by atoms with Crippen molar-refractivity contribution in [2.45, 2.75) is 55.4 Å². The Morgan fingerprint density at radius 2 is 1.70 bits per heavy atom. The van der Waals surface area contributed by atoms with E-state index in [0.29, 0.717) is 0 Å². The summed E-state index contributed by atoms with van der Waals surface area (Å²) in [5, 5.41) is 0. The van der Waals surface area contributed by atoms with Gasteiger partial charge in [-0.25, -0.2) is 42.2 Å². The molecular weight excluding hydrogens is 685 g/mol. The van der Waals surface area contributed by atoms with Crippen molar-refractivity contribution < 1.29 is 59.7 Å². The van der Waals surface area contributed by atoms with Crippen LogP contribution in [0.3, 0.4) is 0 Å². The second kappa shape index (κ2) is 10.3. The van der Waals surface area contributed by atoms with Crippen LogP contribution in [0.2, 0.25) is 0 Å². The quantitative estimate of drug-likeness (QED) is 0.209. The van der Waals surface area contributed by atoms with Gasteiger partial charge >= 0.3 is 15.6 Å². The van der Waals surface area contributed by atoms with E-state index in [9.17, 15) is 23.7 Å². The van der Waals surface area contributed by atoms with Gasteiger partial charge in [0.05, 0.1) is 43.6 Å². The van der Waals surface area contributed by atoms with E-state index < -0.39 is 95.2 Å². The lowest BCUT2D eigenvalue weighted by molar-refractivity contribution is -0.0672. The molecule has 1 spiro atoms. The van der Waals surface area contributed by atoms with E-state index in [-0.39, 0.29) is 28.3 Å². The number of aromatic nitrogens is 8. The van der Waals surface area contributed by atoms with Gasteiger partial charge in [0.1, 0.15) is 30.2 Å². The molecule has 5 N–H and O–H groups in total. The summed E-state index contributed by atoms with van der Waals surface area (Å²) in [6, 6.07) is 0. The third kappa shape index (κ3) is 4.84. The average Bonchev–Trinajstić information content (AvgIpc) is 3.48. The molecule has 2 unspecified atom stereocenters. The third-order valence-corrected chi connectivity index (χ3v) is 10.5. The van der Waals surface area contributed by atoms with Gasteiger partial charge in [0, 0.05) is 6.42 Å². The molecule has 4 aromatic rings. The molecule has 2 bridgehead atoms. The Balaban J connectivity index is 1.15. The molecule has 4 fully saturated rings. The molecule has 1 saturated carbocycles. The highest BCUT2D eigenvalue weighted by Gasteiger charge is 2.84. The monoisotopic (exact) mass is 707 g/mol.